The molecule has 0 aliphatic rings. The molecule has 0 saturated heterocycles. The Morgan fingerprint density at radius 3 is 1.60 bits per heavy atom. The largest absolute Gasteiger partial charge is 0.455 e. The minimum atomic E-state index is 0.905. The highest BCUT2D eigenvalue weighted by Crippen LogP contribution is 2.41. The molecule has 2 nitrogen and oxygen atoms in total. The van der Waals surface area contributed by atoms with Crippen LogP contribution in [-0.4, -0.2) is 0 Å². The quantitative estimate of drug-likeness (QED) is 0.162. The molecule has 272 valence electrons. The number of anilines is 3. The van der Waals surface area contributed by atoms with Crippen molar-refractivity contribution in [2.24, 2.45) is 0 Å². The van der Waals surface area contributed by atoms with E-state index < -0.39 is 0 Å². The van der Waals surface area contributed by atoms with Crippen LogP contribution in [-0.2, 0) is 0 Å². The van der Waals surface area contributed by atoms with Crippen molar-refractivity contribution in [2.75, 3.05) is 4.90 Å². The highest BCUT2D eigenvalue weighted by molar-refractivity contribution is 6.09. The van der Waals surface area contributed by atoms with Crippen molar-refractivity contribution in [3.8, 4) is 44.5 Å². The molecule has 1 aromatic heterocycles. The molecule has 1 heterocycles. The van der Waals surface area contributed by atoms with Crippen molar-refractivity contribution in [2.45, 2.75) is 0 Å². The summed E-state index contributed by atoms with van der Waals surface area (Å²) in [4.78, 5) is 2.37. The highest BCUT2D eigenvalue weighted by atomic mass is 16.3. The molecule has 0 bridgehead atoms. The molecule has 0 unspecified atom stereocenters. The summed E-state index contributed by atoms with van der Waals surface area (Å²) in [5.41, 5.74) is 14.4. The van der Waals surface area contributed by atoms with E-state index in [-0.39, 0.29) is 0 Å². The molecule has 2 heteroatoms. The van der Waals surface area contributed by atoms with E-state index in [1.807, 2.05) is 12.1 Å². The maximum absolute atomic E-state index is 6.43. The van der Waals surface area contributed by atoms with Crippen LogP contribution in [0.25, 0.3) is 88.0 Å². The first-order valence-electron chi connectivity index (χ1n) is 19.8. The molecule has 0 aliphatic heterocycles. The molecule has 11 aromatic rings. The zero-order valence-corrected chi connectivity index (χ0v) is 31.7. The Balaban J connectivity index is 1.00. The Kier molecular flexibility index (Phi) is 8.19. The molecule has 0 saturated carbocycles. The molecule has 0 aliphatic carbocycles. The molecule has 58 heavy (non-hydrogen) atoms. The summed E-state index contributed by atoms with van der Waals surface area (Å²) in [5.74, 6) is 0. The van der Waals surface area contributed by atoms with Crippen LogP contribution < -0.4 is 4.90 Å². The molecule has 0 fully saturated rings. The average Bonchev–Trinajstić information content (AvgIpc) is 3.68. The third-order valence-electron chi connectivity index (χ3n) is 11.5. The number of nitrogens with zero attached hydrogens (tertiary/aromatic N) is 1. The summed E-state index contributed by atoms with van der Waals surface area (Å²) in [7, 11) is 0. The number of fused-ring (bicyclic) bond motifs is 5. The van der Waals surface area contributed by atoms with Gasteiger partial charge in [0.2, 0.25) is 0 Å². The van der Waals surface area contributed by atoms with Crippen molar-refractivity contribution in [1.29, 1.82) is 0 Å². The van der Waals surface area contributed by atoms with Crippen LogP contribution >= 0.6 is 0 Å². The average molecular weight is 740 g/mol. The van der Waals surface area contributed by atoms with Gasteiger partial charge < -0.3 is 9.32 Å². The second-order valence-corrected chi connectivity index (χ2v) is 14.9. The fraction of sp³-hybridized carbons (Fsp3) is 0. The second-order valence-electron chi connectivity index (χ2n) is 14.9. The van der Waals surface area contributed by atoms with Gasteiger partial charge in [0.1, 0.15) is 11.2 Å². The van der Waals surface area contributed by atoms with Gasteiger partial charge >= 0.3 is 0 Å². The van der Waals surface area contributed by atoms with E-state index >= 15 is 0 Å². The van der Waals surface area contributed by atoms with Crippen LogP contribution in [0.15, 0.2) is 229 Å². The van der Waals surface area contributed by atoms with Gasteiger partial charge in [0, 0.05) is 33.4 Å². The van der Waals surface area contributed by atoms with E-state index in [2.05, 4.69) is 217 Å². The molecule has 0 atom stereocenters. The van der Waals surface area contributed by atoms with Crippen LogP contribution in [0.5, 0.6) is 0 Å². The summed E-state index contributed by atoms with van der Waals surface area (Å²) in [5, 5.41) is 7.25. The summed E-state index contributed by atoms with van der Waals surface area (Å²) in [6, 6.07) is 80.7. The molecule has 0 amide bonds. The predicted molar refractivity (Wildman–Crippen MR) is 245 cm³/mol. The molecular weight excluding hydrogens is 703 g/mol. The Morgan fingerprint density at radius 1 is 0.276 bits per heavy atom. The number of furan rings is 1. The Morgan fingerprint density at radius 2 is 0.810 bits per heavy atom. The fourth-order valence-corrected chi connectivity index (χ4v) is 8.55. The number of hydrogen-bond acceptors (Lipinski definition) is 2. The van der Waals surface area contributed by atoms with E-state index in [0.29, 0.717) is 0 Å². The van der Waals surface area contributed by atoms with Crippen LogP contribution in [0.3, 0.4) is 0 Å². The van der Waals surface area contributed by atoms with E-state index in [9.17, 15) is 0 Å². The van der Waals surface area contributed by atoms with Crippen molar-refractivity contribution < 1.29 is 4.42 Å². The van der Waals surface area contributed by atoms with E-state index in [1.165, 1.54) is 49.4 Å². The Labute approximate surface area is 337 Å². The first kappa shape index (κ1) is 33.6. The van der Waals surface area contributed by atoms with Gasteiger partial charge in [0.15, 0.2) is 0 Å². The standard InChI is InChI=1S/C56H37NO/c1-2-13-43-35-45(30-29-38(43)11-1)40-27-25-39(26-28-40)44-15-7-17-48(36-44)57(49-18-8-16-46(37-49)51-21-9-14-41-12-3-4-19-50(41)51)47-33-31-42(32-34-47)52-22-10-23-54-53-20-5-6-24-55(53)58-56(52)54/h1-37H. The smallest absolute Gasteiger partial charge is 0.143 e. The molecule has 11 rings (SSSR count). The van der Waals surface area contributed by atoms with Crippen molar-refractivity contribution in [1.82, 2.24) is 0 Å². The maximum Gasteiger partial charge on any atom is 0.143 e. The lowest BCUT2D eigenvalue weighted by atomic mass is 9.97. The van der Waals surface area contributed by atoms with Gasteiger partial charge in [0.25, 0.3) is 0 Å². The monoisotopic (exact) mass is 739 g/mol. The predicted octanol–water partition coefficient (Wildman–Crippen LogP) is 16.0. The van der Waals surface area contributed by atoms with Gasteiger partial charge in [-0.2, -0.15) is 0 Å². The fourth-order valence-electron chi connectivity index (χ4n) is 8.55. The summed E-state index contributed by atoms with van der Waals surface area (Å²) in [6.45, 7) is 0. The van der Waals surface area contributed by atoms with Crippen molar-refractivity contribution in [3.05, 3.63) is 224 Å². The van der Waals surface area contributed by atoms with E-state index in [1.54, 1.807) is 0 Å². The van der Waals surface area contributed by atoms with Crippen LogP contribution in [0, 0.1) is 0 Å². The first-order chi connectivity index (χ1) is 28.7. The van der Waals surface area contributed by atoms with E-state index in [0.717, 1.165) is 55.7 Å². The number of para-hydroxylation sites is 2. The molecule has 0 radical (unpaired) electrons. The zero-order chi connectivity index (χ0) is 38.4. The van der Waals surface area contributed by atoms with Crippen LogP contribution in [0.4, 0.5) is 17.1 Å². The topological polar surface area (TPSA) is 16.4 Å². The first-order valence-corrected chi connectivity index (χ1v) is 19.8. The van der Waals surface area contributed by atoms with Crippen LogP contribution in [0.1, 0.15) is 0 Å². The lowest BCUT2D eigenvalue weighted by Crippen LogP contribution is -2.10. The third kappa shape index (κ3) is 6.00. The van der Waals surface area contributed by atoms with Gasteiger partial charge in [0.05, 0.1) is 0 Å². The summed E-state index contributed by atoms with van der Waals surface area (Å²) < 4.78 is 6.43. The number of hydrogen-bond donors (Lipinski definition) is 0. The molecule has 10 aromatic carbocycles. The van der Waals surface area contributed by atoms with Crippen molar-refractivity contribution >= 4 is 60.5 Å². The number of rotatable bonds is 7. The third-order valence-corrected chi connectivity index (χ3v) is 11.5. The highest BCUT2D eigenvalue weighted by Gasteiger charge is 2.17. The normalized spacial score (nSPS) is 11.4. The van der Waals surface area contributed by atoms with Gasteiger partial charge in [-0.1, -0.05) is 176 Å². The van der Waals surface area contributed by atoms with Crippen molar-refractivity contribution in [3.63, 3.8) is 0 Å². The summed E-state index contributed by atoms with van der Waals surface area (Å²) in [6.07, 6.45) is 0. The van der Waals surface area contributed by atoms with Gasteiger partial charge in [-0.3, -0.25) is 0 Å². The molecule has 0 spiro atoms. The minimum absolute atomic E-state index is 0.905. The molecule has 0 N–H and O–H groups in total. The summed E-state index contributed by atoms with van der Waals surface area (Å²) >= 11 is 0. The SMILES string of the molecule is c1cc(-c2ccc(-c3ccc4ccccc4c3)cc2)cc(N(c2ccc(-c3cccc4c3oc3ccccc34)cc2)c2cccc(-c3cccc4ccccc34)c2)c1. The van der Waals surface area contributed by atoms with Crippen LogP contribution in [0.2, 0.25) is 0 Å². The van der Waals surface area contributed by atoms with Gasteiger partial charge in [-0.15, -0.1) is 0 Å². The second kappa shape index (κ2) is 14.1. The lowest BCUT2D eigenvalue weighted by molar-refractivity contribution is 0.670. The minimum Gasteiger partial charge on any atom is -0.455 e. The maximum atomic E-state index is 6.43. The molecular formula is C56H37NO. The zero-order valence-electron chi connectivity index (χ0n) is 31.7. The number of benzene rings is 10. The Bertz CT molecular complexity index is 3280. The Hall–Kier alpha value is -7.68. The van der Waals surface area contributed by atoms with E-state index in [4.69, 9.17) is 4.42 Å². The van der Waals surface area contributed by atoms with Gasteiger partial charge in [-0.05, 0) is 109 Å². The van der Waals surface area contributed by atoms with Gasteiger partial charge in [-0.25, -0.2) is 0 Å². The lowest BCUT2D eigenvalue weighted by Gasteiger charge is -2.27.